The second kappa shape index (κ2) is 7.22. The van der Waals surface area contributed by atoms with Gasteiger partial charge in [-0.2, -0.15) is 13.9 Å². The summed E-state index contributed by atoms with van der Waals surface area (Å²) < 4.78 is 42.5. The second-order valence-electron chi connectivity index (χ2n) is 7.35. The van der Waals surface area contributed by atoms with Crippen molar-refractivity contribution in [3.05, 3.63) is 53.7 Å². The van der Waals surface area contributed by atoms with Crippen molar-refractivity contribution in [3.63, 3.8) is 0 Å². The minimum atomic E-state index is -2.91. The number of benzene rings is 2. The molecule has 9 heteroatoms. The highest BCUT2D eigenvalue weighted by Gasteiger charge is 2.39. The molecule has 2 heterocycles. The van der Waals surface area contributed by atoms with Crippen LogP contribution in [0.25, 0.3) is 16.6 Å². The van der Waals surface area contributed by atoms with Gasteiger partial charge in [0, 0.05) is 39.3 Å². The van der Waals surface area contributed by atoms with E-state index in [0.717, 1.165) is 10.9 Å². The van der Waals surface area contributed by atoms with Crippen LogP contribution in [0.15, 0.2) is 42.5 Å². The van der Waals surface area contributed by atoms with Gasteiger partial charge in [0.25, 0.3) is 5.91 Å². The van der Waals surface area contributed by atoms with Crippen molar-refractivity contribution in [2.24, 2.45) is 0 Å². The summed E-state index contributed by atoms with van der Waals surface area (Å²) in [4.78, 5) is 12.6. The summed E-state index contributed by atoms with van der Waals surface area (Å²) in [6, 6.07) is 11.5. The molecule has 1 aromatic heterocycles. The van der Waals surface area contributed by atoms with Crippen molar-refractivity contribution >= 4 is 27.6 Å². The van der Waals surface area contributed by atoms with E-state index in [-0.39, 0.29) is 11.7 Å². The highest BCUT2D eigenvalue weighted by Crippen LogP contribution is 2.26. The van der Waals surface area contributed by atoms with Gasteiger partial charge < -0.3 is 10.1 Å². The maximum Gasteiger partial charge on any atom is 0.387 e. The lowest BCUT2D eigenvalue weighted by atomic mass is 10.1. The highest BCUT2D eigenvalue weighted by atomic mass is 32.2. The molecule has 6 nitrogen and oxygen atoms in total. The van der Waals surface area contributed by atoms with E-state index >= 15 is 0 Å². The number of halogens is 2. The Balaban J connectivity index is 1.65. The van der Waals surface area contributed by atoms with Crippen molar-refractivity contribution < 1.29 is 22.5 Å². The van der Waals surface area contributed by atoms with Gasteiger partial charge in [-0.25, -0.2) is 4.68 Å². The molecular formula is C20H19F2N3O3S. The number of nitrogens with zero attached hydrogens (tertiary/aromatic N) is 2. The van der Waals surface area contributed by atoms with Crippen molar-refractivity contribution in [2.75, 3.05) is 11.5 Å². The van der Waals surface area contributed by atoms with Crippen LogP contribution < -0.4 is 10.1 Å². The first-order valence-corrected chi connectivity index (χ1v) is 10.4. The predicted molar refractivity (Wildman–Crippen MR) is 106 cm³/mol. The summed E-state index contributed by atoms with van der Waals surface area (Å²) in [7, 11) is -0.869. The number of aryl methyl sites for hydroxylation is 1. The Morgan fingerprint density at radius 1 is 1.28 bits per heavy atom. The van der Waals surface area contributed by atoms with Gasteiger partial charge in [-0.1, -0.05) is 6.07 Å². The molecule has 1 amide bonds. The number of ether oxygens (including phenoxy) is 1. The fourth-order valence-electron chi connectivity index (χ4n) is 3.48. The molecule has 0 atom stereocenters. The number of rotatable bonds is 5. The molecule has 0 aliphatic carbocycles. The van der Waals surface area contributed by atoms with Crippen LogP contribution >= 0.6 is 0 Å². The molecule has 3 aromatic rings. The van der Waals surface area contributed by atoms with Crippen LogP contribution in [0.1, 0.15) is 23.0 Å². The molecule has 4 rings (SSSR count). The molecule has 152 valence electrons. The van der Waals surface area contributed by atoms with Crippen molar-refractivity contribution in [1.82, 2.24) is 15.1 Å². The first-order chi connectivity index (χ1) is 13.7. The second-order valence-corrected chi connectivity index (χ2v) is 8.81. The average molecular weight is 419 g/mol. The summed E-state index contributed by atoms with van der Waals surface area (Å²) in [5.74, 6) is 0.718. The summed E-state index contributed by atoms with van der Waals surface area (Å²) in [5.41, 5.74) is 2.05. The van der Waals surface area contributed by atoms with Gasteiger partial charge in [0.15, 0.2) is 0 Å². The summed E-state index contributed by atoms with van der Waals surface area (Å²) in [5, 5.41) is 8.21. The fraction of sp³-hybridized carbons (Fsp3) is 0.300. The van der Waals surface area contributed by atoms with E-state index in [0.29, 0.717) is 28.5 Å². The topological polar surface area (TPSA) is 73.2 Å². The van der Waals surface area contributed by atoms with Gasteiger partial charge in [-0.05, 0) is 44.2 Å². The van der Waals surface area contributed by atoms with Gasteiger partial charge >= 0.3 is 6.61 Å². The number of aromatic nitrogens is 2. The van der Waals surface area contributed by atoms with E-state index in [2.05, 4.69) is 15.2 Å². The fourth-order valence-corrected chi connectivity index (χ4v) is 4.97. The number of nitrogens with one attached hydrogen (secondary N) is 1. The molecule has 0 bridgehead atoms. The molecule has 1 N–H and O–H groups in total. The van der Waals surface area contributed by atoms with Crippen molar-refractivity contribution in [2.45, 2.75) is 26.0 Å². The summed E-state index contributed by atoms with van der Waals surface area (Å²) in [6.07, 6.45) is 0. The molecule has 0 spiro atoms. The summed E-state index contributed by atoms with van der Waals surface area (Å²) in [6.45, 7) is 0.788. The van der Waals surface area contributed by atoms with Crippen LogP contribution in [0.3, 0.4) is 0 Å². The third-order valence-corrected chi connectivity index (χ3v) is 6.71. The maximum atomic E-state index is 12.6. The Morgan fingerprint density at radius 3 is 2.72 bits per heavy atom. The Labute approximate surface area is 168 Å². The van der Waals surface area contributed by atoms with E-state index in [1.165, 1.54) is 12.1 Å². The monoisotopic (exact) mass is 419 g/mol. The van der Waals surface area contributed by atoms with Crippen LogP contribution in [0.2, 0.25) is 0 Å². The number of carbonyl (C=O) groups excluding carboxylic acids is 1. The van der Waals surface area contributed by atoms with E-state index < -0.39 is 22.9 Å². The first-order valence-electron chi connectivity index (χ1n) is 8.96. The zero-order valence-corrected chi connectivity index (χ0v) is 16.6. The standard InChI is InChI=1S/C20H19F2N3O3S/c1-12-16-8-13(18(26)23-20(2)10-29(27)11-20)6-7-17(16)25(24-12)14-4-3-5-15(9-14)28-19(21)22/h3-9,19H,10-11H2,1-2H3,(H,23,26). The third kappa shape index (κ3) is 3.87. The van der Waals surface area contributed by atoms with E-state index in [1.54, 1.807) is 35.0 Å². The van der Waals surface area contributed by atoms with Gasteiger partial charge in [-0.15, -0.1) is 0 Å². The molecule has 1 saturated heterocycles. The van der Waals surface area contributed by atoms with Crippen LogP contribution in [0, 0.1) is 6.92 Å². The normalized spacial score (nSPS) is 21.2. The Hall–Kier alpha value is -2.81. The molecular weight excluding hydrogens is 400 g/mol. The minimum absolute atomic E-state index is 0.0425. The van der Waals surface area contributed by atoms with E-state index in [1.807, 2.05) is 13.8 Å². The molecule has 0 unspecified atom stereocenters. The highest BCUT2D eigenvalue weighted by molar-refractivity contribution is 7.86. The van der Waals surface area contributed by atoms with Crippen LogP contribution in [0.4, 0.5) is 8.78 Å². The van der Waals surface area contributed by atoms with Crippen LogP contribution in [0.5, 0.6) is 5.75 Å². The molecule has 1 aliphatic heterocycles. The Kier molecular flexibility index (Phi) is 4.85. The van der Waals surface area contributed by atoms with E-state index in [4.69, 9.17) is 0 Å². The average Bonchev–Trinajstić information content (AvgIpc) is 2.96. The first kappa shape index (κ1) is 19.5. The minimum Gasteiger partial charge on any atom is -0.435 e. The van der Waals surface area contributed by atoms with Gasteiger partial charge in [0.2, 0.25) is 0 Å². The zero-order chi connectivity index (χ0) is 20.8. The third-order valence-electron chi connectivity index (χ3n) is 4.79. The molecule has 2 aromatic carbocycles. The van der Waals surface area contributed by atoms with E-state index in [9.17, 15) is 17.8 Å². The number of hydrogen-bond acceptors (Lipinski definition) is 4. The Bertz CT molecular complexity index is 1120. The van der Waals surface area contributed by atoms with Crippen LogP contribution in [-0.4, -0.2) is 43.6 Å². The lowest BCUT2D eigenvalue weighted by Gasteiger charge is -2.37. The van der Waals surface area contributed by atoms with Gasteiger partial charge in [-0.3, -0.25) is 9.00 Å². The lowest BCUT2D eigenvalue weighted by Crippen LogP contribution is -2.61. The lowest BCUT2D eigenvalue weighted by molar-refractivity contribution is -0.0498. The molecule has 1 fully saturated rings. The predicted octanol–water partition coefficient (Wildman–Crippen LogP) is 3.19. The van der Waals surface area contributed by atoms with Crippen LogP contribution in [-0.2, 0) is 10.8 Å². The van der Waals surface area contributed by atoms with Gasteiger partial charge in [0.1, 0.15) is 5.75 Å². The zero-order valence-electron chi connectivity index (χ0n) is 15.8. The molecule has 0 saturated carbocycles. The smallest absolute Gasteiger partial charge is 0.387 e. The quantitative estimate of drug-likeness (QED) is 0.689. The number of fused-ring (bicyclic) bond motifs is 1. The maximum absolute atomic E-state index is 12.6. The number of alkyl halides is 2. The SMILES string of the molecule is Cc1nn(-c2cccc(OC(F)F)c2)c2ccc(C(=O)NC3(C)CS(=O)C3)cc12. The number of hydrogen-bond donors (Lipinski definition) is 1. The molecule has 0 radical (unpaired) electrons. The van der Waals surface area contributed by atoms with Crippen molar-refractivity contribution in [3.8, 4) is 11.4 Å². The molecule has 29 heavy (non-hydrogen) atoms. The van der Waals surface area contributed by atoms with Gasteiger partial charge in [0.05, 0.1) is 22.4 Å². The van der Waals surface area contributed by atoms with Crippen molar-refractivity contribution in [1.29, 1.82) is 0 Å². The largest absolute Gasteiger partial charge is 0.435 e. The number of amides is 1. The Morgan fingerprint density at radius 2 is 2.03 bits per heavy atom. The summed E-state index contributed by atoms with van der Waals surface area (Å²) >= 11 is 0. The molecule has 1 aliphatic rings. The number of carbonyl (C=O) groups is 1.